The van der Waals surface area contributed by atoms with Gasteiger partial charge in [0.15, 0.2) is 11.6 Å². The normalized spacial score (nSPS) is 17.9. The number of hydrogen-bond acceptors (Lipinski definition) is 2. The summed E-state index contributed by atoms with van der Waals surface area (Å²) in [5, 5.41) is 3.25. The third-order valence-electron chi connectivity index (χ3n) is 4.26. The summed E-state index contributed by atoms with van der Waals surface area (Å²) in [6.07, 6.45) is 3.32. The van der Waals surface area contributed by atoms with E-state index in [0.29, 0.717) is 0 Å². The molecule has 1 heterocycles. The molecule has 1 aromatic carbocycles. The zero-order chi connectivity index (χ0) is 14.6. The molecular weight excluding hydrogens is 260 g/mol. The molecule has 1 aromatic rings. The fraction of sp³-hybridized carbons (Fsp3) is 0.562. The van der Waals surface area contributed by atoms with Gasteiger partial charge in [0.25, 0.3) is 0 Å². The van der Waals surface area contributed by atoms with E-state index in [9.17, 15) is 13.6 Å². The molecule has 1 aliphatic heterocycles. The van der Waals surface area contributed by atoms with Crippen LogP contribution in [0.1, 0.15) is 38.2 Å². The van der Waals surface area contributed by atoms with Gasteiger partial charge in [-0.05, 0) is 44.0 Å². The molecule has 1 saturated heterocycles. The Morgan fingerprint density at radius 3 is 2.65 bits per heavy atom. The SMILES string of the molecule is CCCC1(C(=O)Cc2cccc(F)c2F)CCNCC1. The minimum atomic E-state index is -0.888. The van der Waals surface area contributed by atoms with Crippen LogP contribution in [0.15, 0.2) is 18.2 Å². The van der Waals surface area contributed by atoms with Crippen molar-refractivity contribution >= 4 is 5.78 Å². The Hall–Kier alpha value is -1.29. The number of rotatable bonds is 5. The molecule has 0 radical (unpaired) electrons. The number of halogens is 2. The van der Waals surface area contributed by atoms with E-state index >= 15 is 0 Å². The Labute approximate surface area is 118 Å². The first-order valence-electron chi connectivity index (χ1n) is 7.26. The second kappa shape index (κ2) is 6.44. The topological polar surface area (TPSA) is 29.1 Å². The van der Waals surface area contributed by atoms with E-state index in [2.05, 4.69) is 12.2 Å². The molecule has 0 bridgehead atoms. The summed E-state index contributed by atoms with van der Waals surface area (Å²) < 4.78 is 26.9. The van der Waals surface area contributed by atoms with Gasteiger partial charge in [0.2, 0.25) is 0 Å². The molecule has 0 unspecified atom stereocenters. The van der Waals surface area contributed by atoms with Crippen LogP contribution in [0.2, 0.25) is 0 Å². The fourth-order valence-electron chi connectivity index (χ4n) is 3.10. The Morgan fingerprint density at radius 1 is 1.30 bits per heavy atom. The molecule has 0 aromatic heterocycles. The molecule has 110 valence electrons. The molecule has 0 aliphatic carbocycles. The summed E-state index contributed by atoms with van der Waals surface area (Å²) >= 11 is 0. The van der Waals surface area contributed by atoms with Crippen molar-refractivity contribution in [3.05, 3.63) is 35.4 Å². The number of hydrogen-bond donors (Lipinski definition) is 1. The zero-order valence-electron chi connectivity index (χ0n) is 11.8. The van der Waals surface area contributed by atoms with E-state index in [-0.39, 0.29) is 23.2 Å². The van der Waals surface area contributed by atoms with Gasteiger partial charge in [-0.1, -0.05) is 25.5 Å². The highest BCUT2D eigenvalue weighted by molar-refractivity contribution is 5.87. The molecule has 1 N–H and O–H groups in total. The van der Waals surface area contributed by atoms with Crippen molar-refractivity contribution in [2.75, 3.05) is 13.1 Å². The highest BCUT2D eigenvalue weighted by Gasteiger charge is 2.38. The summed E-state index contributed by atoms with van der Waals surface area (Å²) in [6, 6.07) is 4.03. The van der Waals surface area contributed by atoms with Crippen LogP contribution in [-0.2, 0) is 11.2 Å². The minimum absolute atomic E-state index is 0.0103. The number of carbonyl (C=O) groups excluding carboxylic acids is 1. The number of carbonyl (C=O) groups is 1. The van der Waals surface area contributed by atoms with Crippen molar-refractivity contribution in [2.45, 2.75) is 39.0 Å². The molecule has 4 heteroatoms. The van der Waals surface area contributed by atoms with Crippen molar-refractivity contribution in [2.24, 2.45) is 5.41 Å². The van der Waals surface area contributed by atoms with Crippen LogP contribution in [-0.4, -0.2) is 18.9 Å². The Kier molecular flexibility index (Phi) is 4.86. The van der Waals surface area contributed by atoms with Gasteiger partial charge in [0.1, 0.15) is 5.78 Å². The van der Waals surface area contributed by atoms with Crippen LogP contribution in [0.3, 0.4) is 0 Å². The van der Waals surface area contributed by atoms with E-state index in [4.69, 9.17) is 0 Å². The van der Waals surface area contributed by atoms with Crippen LogP contribution in [0, 0.1) is 17.0 Å². The minimum Gasteiger partial charge on any atom is -0.317 e. The highest BCUT2D eigenvalue weighted by atomic mass is 19.2. The lowest BCUT2D eigenvalue weighted by Gasteiger charge is -2.36. The van der Waals surface area contributed by atoms with Crippen molar-refractivity contribution in [3.63, 3.8) is 0 Å². The summed E-state index contributed by atoms with van der Waals surface area (Å²) in [5.74, 6) is -1.73. The van der Waals surface area contributed by atoms with Crippen LogP contribution >= 0.6 is 0 Å². The molecule has 2 nitrogen and oxygen atoms in total. The van der Waals surface area contributed by atoms with Gasteiger partial charge in [-0.3, -0.25) is 4.79 Å². The number of piperidine rings is 1. The van der Waals surface area contributed by atoms with Crippen LogP contribution in [0.25, 0.3) is 0 Å². The second-order valence-corrected chi connectivity index (χ2v) is 5.59. The molecule has 20 heavy (non-hydrogen) atoms. The van der Waals surface area contributed by atoms with E-state index in [1.54, 1.807) is 0 Å². The van der Waals surface area contributed by atoms with Gasteiger partial charge in [-0.25, -0.2) is 8.78 Å². The van der Waals surface area contributed by atoms with E-state index in [1.165, 1.54) is 12.1 Å². The van der Waals surface area contributed by atoms with E-state index in [0.717, 1.165) is 44.8 Å². The second-order valence-electron chi connectivity index (χ2n) is 5.59. The Balaban J connectivity index is 2.18. The molecule has 2 rings (SSSR count). The third-order valence-corrected chi connectivity index (χ3v) is 4.26. The quantitative estimate of drug-likeness (QED) is 0.897. The van der Waals surface area contributed by atoms with Crippen LogP contribution < -0.4 is 5.32 Å². The largest absolute Gasteiger partial charge is 0.317 e. The summed E-state index contributed by atoms with van der Waals surface area (Å²) in [7, 11) is 0. The number of Topliss-reactive ketones (excluding diaryl/α,β-unsaturated/α-hetero) is 1. The van der Waals surface area contributed by atoms with E-state index in [1.807, 2.05) is 0 Å². The Morgan fingerprint density at radius 2 is 2.00 bits per heavy atom. The van der Waals surface area contributed by atoms with Crippen LogP contribution in [0.5, 0.6) is 0 Å². The molecule has 0 atom stereocenters. The monoisotopic (exact) mass is 281 g/mol. The molecule has 0 spiro atoms. The lowest BCUT2D eigenvalue weighted by molar-refractivity contribution is -0.130. The molecule has 0 amide bonds. The highest BCUT2D eigenvalue weighted by Crippen LogP contribution is 2.36. The standard InChI is InChI=1S/C16H21F2NO/c1-2-6-16(7-9-19-10-8-16)14(20)11-12-4-3-5-13(17)15(12)18/h3-5,19H,2,6-11H2,1H3. The maximum Gasteiger partial charge on any atom is 0.162 e. The van der Waals surface area contributed by atoms with Gasteiger partial charge in [0.05, 0.1) is 0 Å². The molecular formula is C16H21F2NO. The first kappa shape index (κ1) is 15.1. The number of nitrogens with one attached hydrogen (secondary N) is 1. The average Bonchev–Trinajstić information content (AvgIpc) is 2.45. The first-order valence-corrected chi connectivity index (χ1v) is 7.26. The smallest absolute Gasteiger partial charge is 0.162 e. The van der Waals surface area contributed by atoms with Gasteiger partial charge in [0, 0.05) is 11.8 Å². The number of benzene rings is 1. The lowest BCUT2D eigenvalue weighted by atomic mass is 9.70. The number of ketones is 1. The zero-order valence-corrected chi connectivity index (χ0v) is 11.8. The van der Waals surface area contributed by atoms with Crippen LogP contribution in [0.4, 0.5) is 8.78 Å². The predicted octanol–water partition coefficient (Wildman–Crippen LogP) is 3.25. The van der Waals surface area contributed by atoms with E-state index < -0.39 is 11.6 Å². The summed E-state index contributed by atoms with van der Waals surface area (Å²) in [6.45, 7) is 3.69. The van der Waals surface area contributed by atoms with Crippen molar-refractivity contribution in [1.29, 1.82) is 0 Å². The van der Waals surface area contributed by atoms with Crippen molar-refractivity contribution in [3.8, 4) is 0 Å². The summed E-state index contributed by atoms with van der Waals surface area (Å²) in [5.41, 5.74) is -0.192. The maximum atomic E-state index is 13.7. The molecule has 1 fully saturated rings. The van der Waals surface area contributed by atoms with Gasteiger partial charge < -0.3 is 5.32 Å². The summed E-state index contributed by atoms with van der Waals surface area (Å²) in [4.78, 5) is 12.6. The fourth-order valence-corrected chi connectivity index (χ4v) is 3.10. The van der Waals surface area contributed by atoms with Gasteiger partial charge in [-0.15, -0.1) is 0 Å². The first-order chi connectivity index (χ1) is 9.59. The van der Waals surface area contributed by atoms with Gasteiger partial charge in [-0.2, -0.15) is 0 Å². The lowest BCUT2D eigenvalue weighted by Crippen LogP contribution is -2.43. The molecule has 0 saturated carbocycles. The van der Waals surface area contributed by atoms with Crippen molar-refractivity contribution in [1.82, 2.24) is 5.32 Å². The van der Waals surface area contributed by atoms with Gasteiger partial charge >= 0.3 is 0 Å². The Bertz CT molecular complexity index is 476. The van der Waals surface area contributed by atoms with Crippen molar-refractivity contribution < 1.29 is 13.6 Å². The average molecular weight is 281 g/mol. The maximum absolute atomic E-state index is 13.7. The predicted molar refractivity (Wildman–Crippen MR) is 74.5 cm³/mol. The third kappa shape index (κ3) is 3.06. The molecule has 1 aliphatic rings.